The third kappa shape index (κ3) is 2.42. The van der Waals surface area contributed by atoms with Gasteiger partial charge in [0.05, 0.1) is 16.9 Å². The van der Waals surface area contributed by atoms with Gasteiger partial charge in [-0.15, -0.1) is 11.3 Å². The summed E-state index contributed by atoms with van der Waals surface area (Å²) in [6.45, 7) is 2.87. The number of aromatic nitrogens is 2. The van der Waals surface area contributed by atoms with Crippen molar-refractivity contribution >= 4 is 29.4 Å². The fourth-order valence-electron chi connectivity index (χ4n) is 2.14. The Balaban J connectivity index is 0.000000367. The van der Waals surface area contributed by atoms with Crippen molar-refractivity contribution in [2.24, 2.45) is 0 Å². The van der Waals surface area contributed by atoms with Crippen LogP contribution in [0.3, 0.4) is 0 Å². The van der Waals surface area contributed by atoms with Crippen LogP contribution in [-0.2, 0) is 17.8 Å². The number of carbonyl (C=O) groups is 1. The third-order valence-corrected chi connectivity index (χ3v) is 4.14. The number of fused-ring (bicyclic) bond motifs is 3. The molecule has 2 aromatic heterocycles. The van der Waals surface area contributed by atoms with Crippen molar-refractivity contribution in [3.63, 3.8) is 0 Å². The Morgan fingerprint density at radius 3 is 3.06 bits per heavy atom. The standard InChI is InChI=1S/C11H11ClN2S.CH2O2/c1-7-5-8-10(15-7)3-2-4-14-11(8)9(12)6-13-14;2-1-3/h5-6H,2-4H2,1H3;1H,(H,2,3). The number of nitrogens with zero attached hydrogens (tertiary/aromatic N) is 2. The molecule has 0 aromatic carbocycles. The molecular weight excluding hydrogens is 272 g/mol. The van der Waals surface area contributed by atoms with Gasteiger partial charge < -0.3 is 5.11 Å². The van der Waals surface area contributed by atoms with Gasteiger partial charge in [0.2, 0.25) is 0 Å². The monoisotopic (exact) mass is 284 g/mol. The van der Waals surface area contributed by atoms with Crippen molar-refractivity contribution in [3.8, 4) is 11.3 Å². The number of hydrogen-bond donors (Lipinski definition) is 1. The summed E-state index contributed by atoms with van der Waals surface area (Å²) in [5, 5.41) is 12.0. The topological polar surface area (TPSA) is 55.1 Å². The van der Waals surface area contributed by atoms with E-state index in [-0.39, 0.29) is 6.47 Å². The van der Waals surface area contributed by atoms with E-state index in [9.17, 15) is 0 Å². The van der Waals surface area contributed by atoms with E-state index in [2.05, 4.69) is 18.1 Å². The molecular formula is C12H13ClN2O2S. The maximum atomic E-state index is 8.36. The van der Waals surface area contributed by atoms with Crippen molar-refractivity contribution in [2.45, 2.75) is 26.3 Å². The van der Waals surface area contributed by atoms with Crippen LogP contribution in [0.4, 0.5) is 0 Å². The van der Waals surface area contributed by atoms with Crippen LogP contribution < -0.4 is 0 Å². The summed E-state index contributed by atoms with van der Waals surface area (Å²) in [7, 11) is 0. The van der Waals surface area contributed by atoms with Crippen molar-refractivity contribution < 1.29 is 9.90 Å². The lowest BCUT2D eigenvalue weighted by Gasteiger charge is -2.02. The van der Waals surface area contributed by atoms with Crippen LogP contribution in [0.25, 0.3) is 11.3 Å². The molecule has 2 aromatic rings. The quantitative estimate of drug-likeness (QED) is 0.756. The van der Waals surface area contributed by atoms with Gasteiger partial charge in [0.1, 0.15) is 0 Å². The lowest BCUT2D eigenvalue weighted by Crippen LogP contribution is -1.99. The molecule has 18 heavy (non-hydrogen) atoms. The average Bonchev–Trinajstić information content (AvgIpc) is 2.80. The molecule has 6 heteroatoms. The van der Waals surface area contributed by atoms with Gasteiger partial charge in [-0.3, -0.25) is 9.48 Å². The van der Waals surface area contributed by atoms with Gasteiger partial charge in [0.15, 0.2) is 0 Å². The Morgan fingerprint density at radius 1 is 1.61 bits per heavy atom. The molecule has 0 unspecified atom stereocenters. The number of carboxylic acid groups (broad SMARTS) is 1. The zero-order valence-electron chi connectivity index (χ0n) is 9.89. The minimum absolute atomic E-state index is 0.250. The Hall–Kier alpha value is -1.33. The maximum absolute atomic E-state index is 8.36. The van der Waals surface area contributed by atoms with E-state index < -0.39 is 0 Å². The molecule has 0 spiro atoms. The van der Waals surface area contributed by atoms with Gasteiger partial charge >= 0.3 is 0 Å². The first-order valence-electron chi connectivity index (χ1n) is 5.56. The Kier molecular flexibility index (Phi) is 4.04. The highest BCUT2D eigenvalue weighted by Gasteiger charge is 2.20. The molecule has 3 rings (SSSR count). The maximum Gasteiger partial charge on any atom is 0.290 e. The first-order chi connectivity index (χ1) is 8.67. The van der Waals surface area contributed by atoms with Gasteiger partial charge in [0.25, 0.3) is 6.47 Å². The van der Waals surface area contributed by atoms with Gasteiger partial charge in [-0.05, 0) is 25.8 Å². The van der Waals surface area contributed by atoms with E-state index >= 15 is 0 Å². The van der Waals surface area contributed by atoms with Crippen LogP contribution >= 0.6 is 22.9 Å². The summed E-state index contributed by atoms with van der Waals surface area (Å²) in [6.07, 6.45) is 4.05. The smallest absolute Gasteiger partial charge is 0.290 e. The van der Waals surface area contributed by atoms with Crippen LogP contribution in [0.2, 0.25) is 5.02 Å². The Bertz CT molecular complexity index is 562. The highest BCUT2D eigenvalue weighted by atomic mass is 35.5. The summed E-state index contributed by atoms with van der Waals surface area (Å²) >= 11 is 8.07. The molecule has 0 aliphatic carbocycles. The van der Waals surface area contributed by atoms with E-state index in [4.69, 9.17) is 21.5 Å². The second-order valence-electron chi connectivity index (χ2n) is 3.97. The molecule has 0 radical (unpaired) electrons. The predicted octanol–water partition coefficient (Wildman–Crippen LogP) is 3.22. The average molecular weight is 285 g/mol. The molecule has 0 saturated heterocycles. The van der Waals surface area contributed by atoms with E-state index in [1.165, 1.54) is 15.3 Å². The highest BCUT2D eigenvalue weighted by molar-refractivity contribution is 7.12. The van der Waals surface area contributed by atoms with Crippen LogP contribution in [-0.4, -0.2) is 21.4 Å². The molecule has 0 amide bonds. The molecule has 0 saturated carbocycles. The summed E-state index contributed by atoms with van der Waals surface area (Å²) in [5.74, 6) is 0. The largest absolute Gasteiger partial charge is 0.483 e. The van der Waals surface area contributed by atoms with Crippen molar-refractivity contribution in [3.05, 3.63) is 27.0 Å². The SMILES string of the molecule is Cc1cc2c(s1)CCCn1ncc(Cl)c1-2.O=CO. The predicted molar refractivity (Wildman–Crippen MR) is 72.3 cm³/mol. The summed E-state index contributed by atoms with van der Waals surface area (Å²) in [6, 6.07) is 2.23. The Labute approximate surface area is 114 Å². The molecule has 96 valence electrons. The van der Waals surface area contributed by atoms with Gasteiger partial charge in [-0.2, -0.15) is 5.10 Å². The van der Waals surface area contributed by atoms with Crippen LogP contribution in [0.5, 0.6) is 0 Å². The van der Waals surface area contributed by atoms with E-state index in [0.29, 0.717) is 0 Å². The molecule has 1 aliphatic heterocycles. The van der Waals surface area contributed by atoms with Crippen LogP contribution in [0, 0.1) is 6.92 Å². The van der Waals surface area contributed by atoms with Gasteiger partial charge in [-0.25, -0.2) is 0 Å². The number of thiophene rings is 1. The highest BCUT2D eigenvalue weighted by Crippen LogP contribution is 2.38. The Morgan fingerprint density at radius 2 is 2.33 bits per heavy atom. The van der Waals surface area contributed by atoms with E-state index in [1.807, 2.05) is 16.0 Å². The molecule has 1 N–H and O–H groups in total. The second kappa shape index (κ2) is 5.54. The van der Waals surface area contributed by atoms with Crippen molar-refractivity contribution in [2.75, 3.05) is 0 Å². The zero-order chi connectivity index (χ0) is 13.1. The second-order valence-corrected chi connectivity index (χ2v) is 5.72. The minimum Gasteiger partial charge on any atom is -0.483 e. The lowest BCUT2D eigenvalue weighted by atomic mass is 10.1. The fraction of sp³-hybridized carbons (Fsp3) is 0.333. The third-order valence-electron chi connectivity index (χ3n) is 2.76. The summed E-state index contributed by atoms with van der Waals surface area (Å²) in [5.41, 5.74) is 2.39. The molecule has 4 nitrogen and oxygen atoms in total. The summed E-state index contributed by atoms with van der Waals surface area (Å²) < 4.78 is 2.03. The van der Waals surface area contributed by atoms with Crippen molar-refractivity contribution in [1.82, 2.24) is 9.78 Å². The van der Waals surface area contributed by atoms with Gasteiger partial charge in [0, 0.05) is 21.9 Å². The molecule has 0 atom stereocenters. The fourth-order valence-corrected chi connectivity index (χ4v) is 3.46. The number of halogens is 1. The first-order valence-corrected chi connectivity index (χ1v) is 6.75. The van der Waals surface area contributed by atoms with E-state index in [0.717, 1.165) is 30.1 Å². The lowest BCUT2D eigenvalue weighted by molar-refractivity contribution is -0.122. The number of rotatable bonds is 0. The zero-order valence-corrected chi connectivity index (χ0v) is 11.5. The number of aryl methyl sites for hydroxylation is 3. The van der Waals surface area contributed by atoms with E-state index in [1.54, 1.807) is 6.20 Å². The van der Waals surface area contributed by atoms with Crippen LogP contribution in [0.15, 0.2) is 12.3 Å². The van der Waals surface area contributed by atoms with Gasteiger partial charge in [-0.1, -0.05) is 11.6 Å². The molecule has 0 fully saturated rings. The minimum atomic E-state index is -0.250. The van der Waals surface area contributed by atoms with Crippen LogP contribution in [0.1, 0.15) is 16.2 Å². The molecule has 0 bridgehead atoms. The molecule has 1 aliphatic rings. The number of hydrogen-bond acceptors (Lipinski definition) is 3. The van der Waals surface area contributed by atoms with Crippen molar-refractivity contribution in [1.29, 1.82) is 0 Å². The first kappa shape index (κ1) is 13.1. The molecule has 3 heterocycles. The summed E-state index contributed by atoms with van der Waals surface area (Å²) in [4.78, 5) is 11.2. The normalized spacial score (nSPS) is 12.8.